The Morgan fingerprint density at radius 1 is 1.31 bits per heavy atom. The van der Waals surface area contributed by atoms with Gasteiger partial charge in [0, 0.05) is 19.1 Å². The molecular weight excluding hydrogens is 332 g/mol. The van der Waals surface area contributed by atoms with Crippen LogP contribution in [0.4, 0.5) is 4.79 Å². The maximum absolute atomic E-state index is 12.9. The van der Waals surface area contributed by atoms with Crippen LogP contribution in [-0.4, -0.2) is 60.4 Å². The molecule has 26 heavy (non-hydrogen) atoms. The zero-order valence-corrected chi connectivity index (χ0v) is 15.5. The molecule has 0 bridgehead atoms. The standard InChI is InChI=1S/C19H26N4O3/c1-13-6-8-14(9-7-13)19(2)17(25)23(18(26)21-19)12-16(24)22-10-4-5-15(11-22)20-3/h6-9,15,20H,4-5,10-12H2,1-3H3,(H,21,26). The number of likely N-dealkylation sites (N-methyl/N-ethyl adjacent to an activating group) is 1. The third kappa shape index (κ3) is 3.31. The van der Waals surface area contributed by atoms with Gasteiger partial charge in [-0.2, -0.15) is 0 Å². The van der Waals surface area contributed by atoms with Gasteiger partial charge in [0.25, 0.3) is 5.91 Å². The smallest absolute Gasteiger partial charge is 0.325 e. The molecule has 0 spiro atoms. The monoisotopic (exact) mass is 358 g/mol. The van der Waals surface area contributed by atoms with Crippen molar-refractivity contribution < 1.29 is 14.4 Å². The van der Waals surface area contributed by atoms with Crippen LogP contribution in [0.2, 0.25) is 0 Å². The average molecular weight is 358 g/mol. The predicted molar refractivity (Wildman–Crippen MR) is 97.4 cm³/mol. The normalized spacial score (nSPS) is 26.2. The van der Waals surface area contributed by atoms with Crippen molar-refractivity contribution in [2.45, 2.75) is 38.3 Å². The van der Waals surface area contributed by atoms with Gasteiger partial charge in [0.15, 0.2) is 0 Å². The lowest BCUT2D eigenvalue weighted by molar-refractivity contribution is -0.139. The van der Waals surface area contributed by atoms with E-state index in [1.54, 1.807) is 11.8 Å². The molecule has 1 aromatic rings. The van der Waals surface area contributed by atoms with Crippen LogP contribution in [0.15, 0.2) is 24.3 Å². The van der Waals surface area contributed by atoms with Crippen LogP contribution < -0.4 is 10.6 Å². The number of hydrogen-bond acceptors (Lipinski definition) is 4. The van der Waals surface area contributed by atoms with E-state index < -0.39 is 11.6 Å². The average Bonchev–Trinajstić information content (AvgIpc) is 2.86. The molecule has 2 heterocycles. The summed E-state index contributed by atoms with van der Waals surface area (Å²) in [5.74, 6) is -0.580. The minimum Gasteiger partial charge on any atom is -0.340 e. The SMILES string of the molecule is CNC1CCCN(C(=O)CN2C(=O)NC(C)(c3ccc(C)cc3)C2=O)C1. The van der Waals surface area contributed by atoms with Crippen LogP contribution in [0.5, 0.6) is 0 Å². The minimum atomic E-state index is -1.14. The Morgan fingerprint density at radius 2 is 2.00 bits per heavy atom. The number of amides is 4. The summed E-state index contributed by atoms with van der Waals surface area (Å²) in [4.78, 5) is 40.7. The fourth-order valence-corrected chi connectivity index (χ4v) is 3.60. The number of aryl methyl sites for hydroxylation is 1. The number of imide groups is 1. The Hall–Kier alpha value is -2.41. The first-order valence-corrected chi connectivity index (χ1v) is 9.01. The highest BCUT2D eigenvalue weighted by atomic mass is 16.2. The molecule has 2 fully saturated rings. The van der Waals surface area contributed by atoms with Crippen LogP contribution in [0.3, 0.4) is 0 Å². The van der Waals surface area contributed by atoms with E-state index in [1.165, 1.54) is 0 Å². The van der Waals surface area contributed by atoms with Crippen molar-refractivity contribution in [2.75, 3.05) is 26.7 Å². The number of carbonyl (C=O) groups is 3. The molecule has 2 N–H and O–H groups in total. The number of nitrogens with one attached hydrogen (secondary N) is 2. The van der Waals surface area contributed by atoms with E-state index in [1.807, 2.05) is 38.2 Å². The predicted octanol–water partition coefficient (Wildman–Crippen LogP) is 0.972. The molecular formula is C19H26N4O3. The van der Waals surface area contributed by atoms with E-state index in [0.29, 0.717) is 18.7 Å². The van der Waals surface area contributed by atoms with Gasteiger partial charge in [0.2, 0.25) is 5.91 Å². The van der Waals surface area contributed by atoms with E-state index in [0.717, 1.165) is 23.3 Å². The van der Waals surface area contributed by atoms with Gasteiger partial charge in [-0.05, 0) is 39.3 Å². The third-order valence-corrected chi connectivity index (χ3v) is 5.38. The molecule has 2 saturated heterocycles. The molecule has 2 atom stereocenters. The summed E-state index contributed by atoms with van der Waals surface area (Å²) >= 11 is 0. The van der Waals surface area contributed by atoms with E-state index >= 15 is 0 Å². The molecule has 4 amide bonds. The molecule has 7 heteroatoms. The Morgan fingerprint density at radius 3 is 2.65 bits per heavy atom. The Balaban J connectivity index is 1.73. The van der Waals surface area contributed by atoms with Crippen LogP contribution in [-0.2, 0) is 15.1 Å². The summed E-state index contributed by atoms with van der Waals surface area (Å²) in [6, 6.07) is 7.21. The second-order valence-corrected chi connectivity index (χ2v) is 7.28. The van der Waals surface area contributed by atoms with Crippen molar-refractivity contribution in [2.24, 2.45) is 0 Å². The summed E-state index contributed by atoms with van der Waals surface area (Å²) < 4.78 is 0. The van der Waals surface area contributed by atoms with Crippen LogP contribution in [0, 0.1) is 6.92 Å². The van der Waals surface area contributed by atoms with E-state index in [2.05, 4.69) is 10.6 Å². The molecule has 2 aliphatic rings. The van der Waals surface area contributed by atoms with Gasteiger partial charge >= 0.3 is 6.03 Å². The van der Waals surface area contributed by atoms with Crippen LogP contribution in [0.25, 0.3) is 0 Å². The highest BCUT2D eigenvalue weighted by Crippen LogP contribution is 2.29. The van der Waals surface area contributed by atoms with Crippen molar-refractivity contribution in [1.82, 2.24) is 20.4 Å². The van der Waals surface area contributed by atoms with Crippen molar-refractivity contribution in [1.29, 1.82) is 0 Å². The van der Waals surface area contributed by atoms with Crippen molar-refractivity contribution in [3.8, 4) is 0 Å². The van der Waals surface area contributed by atoms with Crippen LogP contribution >= 0.6 is 0 Å². The van der Waals surface area contributed by atoms with Crippen LogP contribution in [0.1, 0.15) is 30.9 Å². The molecule has 2 aliphatic heterocycles. The first-order valence-electron chi connectivity index (χ1n) is 9.01. The molecule has 0 saturated carbocycles. The molecule has 2 unspecified atom stereocenters. The highest BCUT2D eigenvalue weighted by molar-refractivity contribution is 6.09. The lowest BCUT2D eigenvalue weighted by atomic mass is 9.91. The first-order chi connectivity index (χ1) is 12.3. The third-order valence-electron chi connectivity index (χ3n) is 5.38. The molecule has 0 radical (unpaired) electrons. The lowest BCUT2D eigenvalue weighted by Gasteiger charge is -2.33. The van der Waals surface area contributed by atoms with Gasteiger partial charge in [-0.15, -0.1) is 0 Å². The minimum absolute atomic E-state index is 0.193. The van der Waals surface area contributed by atoms with E-state index in [9.17, 15) is 14.4 Å². The molecule has 0 aliphatic carbocycles. The fourth-order valence-electron chi connectivity index (χ4n) is 3.60. The summed E-state index contributed by atoms with van der Waals surface area (Å²) in [6.45, 7) is 4.69. The zero-order valence-electron chi connectivity index (χ0n) is 15.5. The maximum atomic E-state index is 12.9. The topological polar surface area (TPSA) is 81.8 Å². The highest BCUT2D eigenvalue weighted by Gasteiger charge is 2.49. The largest absolute Gasteiger partial charge is 0.340 e. The number of nitrogens with zero attached hydrogens (tertiary/aromatic N) is 2. The molecule has 7 nitrogen and oxygen atoms in total. The van der Waals surface area contributed by atoms with Gasteiger partial charge in [0.1, 0.15) is 12.1 Å². The number of carbonyl (C=O) groups excluding carboxylic acids is 3. The van der Waals surface area contributed by atoms with Gasteiger partial charge in [0.05, 0.1) is 0 Å². The number of piperidine rings is 1. The van der Waals surface area contributed by atoms with Crippen molar-refractivity contribution in [3.63, 3.8) is 0 Å². The van der Waals surface area contributed by atoms with Gasteiger partial charge in [-0.3, -0.25) is 14.5 Å². The molecule has 0 aromatic heterocycles. The number of benzene rings is 1. The van der Waals surface area contributed by atoms with Crippen molar-refractivity contribution >= 4 is 17.8 Å². The summed E-state index contributed by atoms with van der Waals surface area (Å²) in [6.07, 6.45) is 1.94. The Kier molecular flexibility index (Phi) is 5.00. The van der Waals surface area contributed by atoms with Gasteiger partial charge in [-0.1, -0.05) is 29.8 Å². The van der Waals surface area contributed by atoms with E-state index in [-0.39, 0.29) is 24.4 Å². The number of rotatable bonds is 4. The molecule has 1 aromatic carbocycles. The molecule has 140 valence electrons. The zero-order chi connectivity index (χ0) is 18.9. The fraction of sp³-hybridized carbons (Fsp3) is 0.526. The van der Waals surface area contributed by atoms with Crippen molar-refractivity contribution in [3.05, 3.63) is 35.4 Å². The van der Waals surface area contributed by atoms with Gasteiger partial charge < -0.3 is 15.5 Å². The molecule has 3 rings (SSSR count). The van der Waals surface area contributed by atoms with Gasteiger partial charge in [-0.25, -0.2) is 4.79 Å². The number of hydrogen-bond donors (Lipinski definition) is 2. The number of urea groups is 1. The Bertz CT molecular complexity index is 718. The summed E-state index contributed by atoms with van der Waals surface area (Å²) in [5.41, 5.74) is 0.649. The first kappa shape index (κ1) is 18.4. The second kappa shape index (κ2) is 7.07. The van der Waals surface area contributed by atoms with E-state index in [4.69, 9.17) is 0 Å². The number of likely N-dealkylation sites (tertiary alicyclic amines) is 1. The Labute approximate surface area is 153 Å². The summed E-state index contributed by atoms with van der Waals surface area (Å²) in [5, 5.41) is 5.93. The quantitative estimate of drug-likeness (QED) is 0.786. The summed E-state index contributed by atoms with van der Waals surface area (Å²) in [7, 11) is 1.88. The second-order valence-electron chi connectivity index (χ2n) is 7.28. The lowest BCUT2D eigenvalue weighted by Crippen LogP contribution is -2.50. The maximum Gasteiger partial charge on any atom is 0.325 e.